The van der Waals surface area contributed by atoms with Crippen LogP contribution in [0.15, 0.2) is 36.4 Å². The number of benzene rings is 2. The van der Waals surface area contributed by atoms with Crippen LogP contribution in [0, 0.1) is 5.92 Å². The quantitative estimate of drug-likeness (QED) is 0.844. The summed E-state index contributed by atoms with van der Waals surface area (Å²) in [4.78, 5) is 0. The van der Waals surface area contributed by atoms with Crippen molar-refractivity contribution < 1.29 is 5.11 Å². The summed E-state index contributed by atoms with van der Waals surface area (Å²) in [5.74, 6) is 1.15. The van der Waals surface area contributed by atoms with Crippen LogP contribution in [0.25, 0.3) is 10.8 Å². The van der Waals surface area contributed by atoms with Crippen LogP contribution in [0.3, 0.4) is 0 Å². The minimum Gasteiger partial charge on any atom is -0.507 e. The van der Waals surface area contributed by atoms with Gasteiger partial charge in [0.05, 0.1) is 0 Å². The first-order valence-corrected chi connectivity index (χ1v) is 6.22. The van der Waals surface area contributed by atoms with E-state index in [0.717, 1.165) is 28.7 Å². The van der Waals surface area contributed by atoms with Gasteiger partial charge in [-0.3, -0.25) is 0 Å². The molecular weight excluding hydrogens is 210 g/mol. The van der Waals surface area contributed by atoms with Gasteiger partial charge in [0, 0.05) is 11.4 Å². The van der Waals surface area contributed by atoms with Gasteiger partial charge in [0.15, 0.2) is 0 Å². The third-order valence-corrected chi connectivity index (χ3v) is 3.62. The minimum absolute atomic E-state index is 0.0907. The lowest BCUT2D eigenvalue weighted by Gasteiger charge is -2.15. The highest BCUT2D eigenvalue weighted by atomic mass is 16.3. The largest absolute Gasteiger partial charge is 0.507 e. The molecule has 2 aromatic carbocycles. The van der Waals surface area contributed by atoms with E-state index < -0.39 is 0 Å². The van der Waals surface area contributed by atoms with Crippen molar-refractivity contribution in [2.45, 2.75) is 25.3 Å². The molecule has 2 heteroatoms. The van der Waals surface area contributed by atoms with Crippen LogP contribution >= 0.6 is 0 Å². The molecule has 0 unspecified atom stereocenters. The number of phenolic OH excluding ortho intramolecular Hbond substituents is 1. The van der Waals surface area contributed by atoms with Gasteiger partial charge in [-0.05, 0) is 29.4 Å². The molecule has 1 aliphatic rings. The summed E-state index contributed by atoms with van der Waals surface area (Å²) in [7, 11) is 0. The SMILES string of the molecule is N[C@@H](CC1CC1)c1ccc(O)c2ccccc12. The van der Waals surface area contributed by atoms with Crippen LogP contribution in [-0.2, 0) is 0 Å². The van der Waals surface area contributed by atoms with Crippen LogP contribution in [0.5, 0.6) is 5.75 Å². The molecule has 2 nitrogen and oxygen atoms in total. The maximum absolute atomic E-state index is 9.83. The van der Waals surface area contributed by atoms with Crippen LogP contribution < -0.4 is 5.73 Å². The fraction of sp³-hybridized carbons (Fsp3) is 0.333. The molecule has 3 N–H and O–H groups in total. The van der Waals surface area contributed by atoms with E-state index in [9.17, 15) is 5.11 Å². The van der Waals surface area contributed by atoms with Crippen molar-refractivity contribution >= 4 is 10.8 Å². The summed E-state index contributed by atoms with van der Waals surface area (Å²) in [5, 5.41) is 11.8. The summed E-state index contributed by atoms with van der Waals surface area (Å²) in [6, 6.07) is 11.7. The van der Waals surface area contributed by atoms with E-state index in [-0.39, 0.29) is 6.04 Å². The standard InChI is InChI=1S/C15H17NO/c16-14(9-10-5-6-10)12-7-8-15(17)13-4-2-1-3-11(12)13/h1-4,7-8,10,14,17H,5-6,9,16H2/t14-/m0/s1. The Kier molecular flexibility index (Phi) is 2.52. The zero-order valence-corrected chi connectivity index (χ0v) is 9.76. The third-order valence-electron chi connectivity index (χ3n) is 3.62. The van der Waals surface area contributed by atoms with Gasteiger partial charge in [0.2, 0.25) is 0 Å². The van der Waals surface area contributed by atoms with Gasteiger partial charge >= 0.3 is 0 Å². The number of fused-ring (bicyclic) bond motifs is 1. The van der Waals surface area contributed by atoms with E-state index in [1.165, 1.54) is 12.8 Å². The van der Waals surface area contributed by atoms with Gasteiger partial charge in [0.25, 0.3) is 0 Å². The number of phenols is 1. The molecule has 88 valence electrons. The smallest absolute Gasteiger partial charge is 0.123 e. The highest BCUT2D eigenvalue weighted by molar-refractivity contribution is 5.91. The Morgan fingerprint density at radius 1 is 1.12 bits per heavy atom. The van der Waals surface area contributed by atoms with E-state index in [2.05, 4.69) is 0 Å². The first-order chi connectivity index (χ1) is 8.25. The Morgan fingerprint density at radius 3 is 2.53 bits per heavy atom. The first-order valence-electron chi connectivity index (χ1n) is 6.22. The lowest BCUT2D eigenvalue weighted by molar-refractivity contribution is 0.481. The molecule has 0 aliphatic heterocycles. The van der Waals surface area contributed by atoms with Crippen molar-refractivity contribution in [2.24, 2.45) is 11.7 Å². The summed E-state index contributed by atoms with van der Waals surface area (Å²) in [5.41, 5.74) is 7.43. The molecule has 0 radical (unpaired) electrons. The Balaban J connectivity index is 2.05. The van der Waals surface area contributed by atoms with E-state index in [1.807, 2.05) is 30.3 Å². The molecule has 0 aromatic heterocycles. The van der Waals surface area contributed by atoms with Crippen molar-refractivity contribution in [3.05, 3.63) is 42.0 Å². The van der Waals surface area contributed by atoms with E-state index in [0.29, 0.717) is 5.75 Å². The highest BCUT2D eigenvalue weighted by Crippen LogP contribution is 2.39. The van der Waals surface area contributed by atoms with Crippen molar-refractivity contribution in [3.63, 3.8) is 0 Å². The minimum atomic E-state index is 0.0907. The maximum Gasteiger partial charge on any atom is 0.123 e. The molecule has 1 atom stereocenters. The van der Waals surface area contributed by atoms with Gasteiger partial charge in [-0.2, -0.15) is 0 Å². The maximum atomic E-state index is 9.83. The average molecular weight is 227 g/mol. The number of rotatable bonds is 3. The predicted octanol–water partition coefficient (Wildman–Crippen LogP) is 3.35. The summed E-state index contributed by atoms with van der Waals surface area (Å²) in [6.45, 7) is 0. The van der Waals surface area contributed by atoms with Crippen LogP contribution in [0.2, 0.25) is 0 Å². The van der Waals surface area contributed by atoms with Crippen molar-refractivity contribution in [1.82, 2.24) is 0 Å². The van der Waals surface area contributed by atoms with Crippen molar-refractivity contribution in [3.8, 4) is 5.75 Å². The molecule has 1 aliphatic carbocycles. The molecule has 17 heavy (non-hydrogen) atoms. The number of nitrogens with two attached hydrogens (primary N) is 1. The van der Waals surface area contributed by atoms with Crippen LogP contribution in [0.1, 0.15) is 30.9 Å². The Hall–Kier alpha value is -1.54. The molecule has 0 heterocycles. The lowest BCUT2D eigenvalue weighted by Crippen LogP contribution is -2.11. The van der Waals surface area contributed by atoms with Gasteiger partial charge < -0.3 is 10.8 Å². The molecule has 0 amide bonds. The molecule has 0 bridgehead atoms. The average Bonchev–Trinajstić information content (AvgIpc) is 3.14. The molecule has 1 saturated carbocycles. The Bertz CT molecular complexity index is 546. The summed E-state index contributed by atoms with van der Waals surface area (Å²) in [6.07, 6.45) is 3.71. The summed E-state index contributed by atoms with van der Waals surface area (Å²) >= 11 is 0. The van der Waals surface area contributed by atoms with Crippen LogP contribution in [0.4, 0.5) is 0 Å². The second kappa shape index (κ2) is 4.04. The Morgan fingerprint density at radius 2 is 1.82 bits per heavy atom. The second-order valence-corrected chi connectivity index (χ2v) is 5.01. The monoisotopic (exact) mass is 227 g/mol. The van der Waals surface area contributed by atoms with E-state index in [1.54, 1.807) is 6.07 Å². The van der Waals surface area contributed by atoms with Gasteiger partial charge in [-0.15, -0.1) is 0 Å². The van der Waals surface area contributed by atoms with Gasteiger partial charge in [0.1, 0.15) is 5.75 Å². The molecule has 2 aromatic rings. The van der Waals surface area contributed by atoms with Crippen LogP contribution in [-0.4, -0.2) is 5.11 Å². The predicted molar refractivity (Wildman–Crippen MR) is 69.9 cm³/mol. The van der Waals surface area contributed by atoms with Crippen molar-refractivity contribution in [1.29, 1.82) is 0 Å². The van der Waals surface area contributed by atoms with Crippen molar-refractivity contribution in [2.75, 3.05) is 0 Å². The normalized spacial score (nSPS) is 17.2. The molecule has 1 fully saturated rings. The summed E-state index contributed by atoms with van der Waals surface area (Å²) < 4.78 is 0. The number of hydrogen-bond donors (Lipinski definition) is 2. The van der Waals surface area contributed by atoms with E-state index in [4.69, 9.17) is 5.73 Å². The molecule has 0 saturated heterocycles. The van der Waals surface area contributed by atoms with Gasteiger partial charge in [-0.1, -0.05) is 43.2 Å². The lowest BCUT2D eigenvalue weighted by atomic mass is 9.95. The molecule has 0 spiro atoms. The number of hydrogen-bond acceptors (Lipinski definition) is 2. The topological polar surface area (TPSA) is 46.2 Å². The fourth-order valence-corrected chi connectivity index (χ4v) is 2.47. The Labute approximate surface area is 101 Å². The van der Waals surface area contributed by atoms with Gasteiger partial charge in [-0.25, -0.2) is 0 Å². The zero-order valence-electron chi connectivity index (χ0n) is 9.76. The highest BCUT2D eigenvalue weighted by Gasteiger charge is 2.25. The first kappa shape index (κ1) is 10.6. The zero-order chi connectivity index (χ0) is 11.8. The number of aromatic hydroxyl groups is 1. The third kappa shape index (κ3) is 2.01. The molecule has 3 rings (SSSR count). The molecular formula is C15H17NO. The fourth-order valence-electron chi connectivity index (χ4n) is 2.47. The van der Waals surface area contributed by atoms with E-state index >= 15 is 0 Å². The second-order valence-electron chi connectivity index (χ2n) is 5.01.